The number of benzene rings is 1. The number of aliphatic hydroxyl groups excluding tert-OH is 1. The van der Waals surface area contributed by atoms with Gasteiger partial charge in [0, 0.05) is 19.1 Å². The SMILES string of the molecule is COc1ccc(OC)c(NC(=O)CCCO)c1. The molecule has 0 saturated carbocycles. The summed E-state index contributed by atoms with van der Waals surface area (Å²) < 4.78 is 10.2. The molecule has 0 heterocycles. The number of ether oxygens (including phenoxy) is 2. The Kier molecular flexibility index (Phi) is 5.29. The predicted molar refractivity (Wildman–Crippen MR) is 64.5 cm³/mol. The quantitative estimate of drug-likeness (QED) is 0.787. The first-order valence-corrected chi connectivity index (χ1v) is 5.34. The van der Waals surface area contributed by atoms with E-state index in [1.54, 1.807) is 25.3 Å². The molecule has 0 saturated heterocycles. The second-order valence-corrected chi connectivity index (χ2v) is 3.44. The van der Waals surface area contributed by atoms with Gasteiger partial charge in [-0.25, -0.2) is 0 Å². The largest absolute Gasteiger partial charge is 0.497 e. The topological polar surface area (TPSA) is 67.8 Å². The van der Waals surface area contributed by atoms with E-state index in [4.69, 9.17) is 14.6 Å². The second-order valence-electron chi connectivity index (χ2n) is 3.44. The molecule has 2 N–H and O–H groups in total. The highest BCUT2D eigenvalue weighted by Gasteiger charge is 2.08. The van der Waals surface area contributed by atoms with E-state index in [-0.39, 0.29) is 18.9 Å². The van der Waals surface area contributed by atoms with Crippen LogP contribution in [0.3, 0.4) is 0 Å². The van der Waals surface area contributed by atoms with Crippen LogP contribution in [0, 0.1) is 0 Å². The molecular weight excluding hydrogens is 222 g/mol. The van der Waals surface area contributed by atoms with E-state index < -0.39 is 0 Å². The minimum atomic E-state index is -0.161. The van der Waals surface area contributed by atoms with Gasteiger partial charge in [0.1, 0.15) is 11.5 Å². The number of rotatable bonds is 6. The first kappa shape index (κ1) is 13.3. The van der Waals surface area contributed by atoms with Gasteiger partial charge >= 0.3 is 0 Å². The van der Waals surface area contributed by atoms with Crippen molar-refractivity contribution in [1.82, 2.24) is 0 Å². The normalized spacial score (nSPS) is 9.82. The van der Waals surface area contributed by atoms with Crippen molar-refractivity contribution in [2.24, 2.45) is 0 Å². The van der Waals surface area contributed by atoms with E-state index in [9.17, 15) is 4.79 Å². The second kappa shape index (κ2) is 6.75. The average Bonchev–Trinajstić information content (AvgIpc) is 2.36. The van der Waals surface area contributed by atoms with Crippen LogP contribution >= 0.6 is 0 Å². The average molecular weight is 239 g/mol. The molecule has 0 fully saturated rings. The van der Waals surface area contributed by atoms with Gasteiger partial charge in [0.25, 0.3) is 0 Å². The van der Waals surface area contributed by atoms with E-state index >= 15 is 0 Å². The van der Waals surface area contributed by atoms with Gasteiger partial charge in [-0.1, -0.05) is 0 Å². The van der Waals surface area contributed by atoms with Crippen LogP contribution in [-0.2, 0) is 4.79 Å². The minimum Gasteiger partial charge on any atom is -0.497 e. The molecule has 0 aliphatic rings. The Morgan fingerprint density at radius 1 is 1.35 bits per heavy atom. The third kappa shape index (κ3) is 3.96. The van der Waals surface area contributed by atoms with Crippen molar-refractivity contribution in [2.45, 2.75) is 12.8 Å². The lowest BCUT2D eigenvalue weighted by Gasteiger charge is -2.11. The molecular formula is C12H17NO4. The Balaban J connectivity index is 2.76. The monoisotopic (exact) mass is 239 g/mol. The molecule has 0 aliphatic heterocycles. The maximum Gasteiger partial charge on any atom is 0.224 e. The molecule has 5 nitrogen and oxygen atoms in total. The third-order valence-electron chi connectivity index (χ3n) is 2.24. The fraction of sp³-hybridized carbons (Fsp3) is 0.417. The first-order chi connectivity index (χ1) is 8.21. The number of hydrogen-bond acceptors (Lipinski definition) is 4. The number of anilines is 1. The van der Waals surface area contributed by atoms with Crippen molar-refractivity contribution in [3.63, 3.8) is 0 Å². The molecule has 1 aromatic carbocycles. The summed E-state index contributed by atoms with van der Waals surface area (Å²) in [4.78, 5) is 11.5. The van der Waals surface area contributed by atoms with E-state index in [1.807, 2.05) is 0 Å². The standard InChI is InChI=1S/C12H17NO4/c1-16-9-5-6-11(17-2)10(8-9)13-12(15)4-3-7-14/h5-6,8,14H,3-4,7H2,1-2H3,(H,13,15). The van der Waals surface area contributed by atoms with E-state index in [0.717, 1.165) is 0 Å². The van der Waals surface area contributed by atoms with Crippen molar-refractivity contribution < 1.29 is 19.4 Å². The summed E-state index contributed by atoms with van der Waals surface area (Å²) in [6.07, 6.45) is 0.717. The van der Waals surface area contributed by atoms with Gasteiger partial charge in [-0.2, -0.15) is 0 Å². The molecule has 5 heteroatoms. The summed E-state index contributed by atoms with van der Waals surface area (Å²) in [5, 5.41) is 11.4. The van der Waals surface area contributed by atoms with Crippen molar-refractivity contribution in [3.8, 4) is 11.5 Å². The summed E-state index contributed by atoms with van der Waals surface area (Å²) >= 11 is 0. The summed E-state index contributed by atoms with van der Waals surface area (Å²) in [6.45, 7) is 0.00264. The summed E-state index contributed by atoms with van der Waals surface area (Å²) in [6, 6.07) is 5.17. The molecule has 1 amide bonds. The Bertz CT molecular complexity index is 379. The summed E-state index contributed by atoms with van der Waals surface area (Å²) in [5.41, 5.74) is 0.565. The highest BCUT2D eigenvalue weighted by atomic mass is 16.5. The van der Waals surface area contributed by atoms with Gasteiger partial charge in [0.2, 0.25) is 5.91 Å². The number of carbonyl (C=O) groups is 1. The third-order valence-corrected chi connectivity index (χ3v) is 2.24. The zero-order chi connectivity index (χ0) is 12.7. The number of aliphatic hydroxyl groups is 1. The fourth-order valence-electron chi connectivity index (χ4n) is 1.36. The summed E-state index contributed by atoms with van der Waals surface area (Å²) in [7, 11) is 3.09. The molecule has 17 heavy (non-hydrogen) atoms. The molecule has 0 aromatic heterocycles. The number of nitrogens with one attached hydrogen (secondary N) is 1. The Labute approximate surface area is 100 Å². The molecule has 0 radical (unpaired) electrons. The van der Waals surface area contributed by atoms with Crippen LogP contribution in [0.25, 0.3) is 0 Å². The van der Waals surface area contributed by atoms with E-state index in [0.29, 0.717) is 23.6 Å². The highest BCUT2D eigenvalue weighted by molar-refractivity contribution is 5.92. The number of methoxy groups -OCH3 is 2. The molecule has 0 atom stereocenters. The zero-order valence-corrected chi connectivity index (χ0v) is 10.0. The smallest absolute Gasteiger partial charge is 0.224 e. The van der Waals surface area contributed by atoms with Crippen LogP contribution in [0.15, 0.2) is 18.2 Å². The van der Waals surface area contributed by atoms with Crippen LogP contribution in [-0.4, -0.2) is 31.8 Å². The molecule has 94 valence electrons. The lowest BCUT2D eigenvalue weighted by atomic mass is 10.2. The van der Waals surface area contributed by atoms with Crippen molar-refractivity contribution >= 4 is 11.6 Å². The fourth-order valence-corrected chi connectivity index (χ4v) is 1.36. The van der Waals surface area contributed by atoms with Gasteiger partial charge in [-0.3, -0.25) is 4.79 Å². The van der Waals surface area contributed by atoms with Crippen molar-refractivity contribution in [1.29, 1.82) is 0 Å². The van der Waals surface area contributed by atoms with Gasteiger partial charge in [0.15, 0.2) is 0 Å². The van der Waals surface area contributed by atoms with Crippen LogP contribution in [0.2, 0.25) is 0 Å². The lowest BCUT2D eigenvalue weighted by Crippen LogP contribution is -2.12. The molecule has 0 unspecified atom stereocenters. The maximum atomic E-state index is 11.5. The molecule has 0 bridgehead atoms. The van der Waals surface area contributed by atoms with E-state index in [1.165, 1.54) is 7.11 Å². The molecule has 0 spiro atoms. The van der Waals surface area contributed by atoms with Crippen LogP contribution < -0.4 is 14.8 Å². The lowest BCUT2D eigenvalue weighted by molar-refractivity contribution is -0.116. The van der Waals surface area contributed by atoms with Crippen LogP contribution in [0.4, 0.5) is 5.69 Å². The molecule has 0 aliphatic carbocycles. The van der Waals surface area contributed by atoms with Gasteiger partial charge in [-0.05, 0) is 18.6 Å². The zero-order valence-electron chi connectivity index (χ0n) is 10.0. The predicted octanol–water partition coefficient (Wildman–Crippen LogP) is 1.41. The van der Waals surface area contributed by atoms with Gasteiger partial charge in [-0.15, -0.1) is 0 Å². The summed E-state index contributed by atoms with van der Waals surface area (Å²) in [5.74, 6) is 1.05. The number of hydrogen-bond donors (Lipinski definition) is 2. The number of carbonyl (C=O) groups excluding carboxylic acids is 1. The van der Waals surface area contributed by atoms with Crippen molar-refractivity contribution in [3.05, 3.63) is 18.2 Å². The minimum absolute atomic E-state index is 0.00264. The van der Waals surface area contributed by atoms with Crippen molar-refractivity contribution in [2.75, 3.05) is 26.1 Å². The Hall–Kier alpha value is -1.75. The van der Waals surface area contributed by atoms with Gasteiger partial charge in [0.05, 0.1) is 19.9 Å². The first-order valence-electron chi connectivity index (χ1n) is 5.34. The number of amides is 1. The molecule has 1 aromatic rings. The van der Waals surface area contributed by atoms with E-state index in [2.05, 4.69) is 5.32 Å². The van der Waals surface area contributed by atoms with Gasteiger partial charge < -0.3 is 19.9 Å². The Morgan fingerprint density at radius 3 is 2.71 bits per heavy atom. The van der Waals surface area contributed by atoms with Crippen LogP contribution in [0.5, 0.6) is 11.5 Å². The Morgan fingerprint density at radius 2 is 2.12 bits per heavy atom. The highest BCUT2D eigenvalue weighted by Crippen LogP contribution is 2.28. The maximum absolute atomic E-state index is 11.5. The van der Waals surface area contributed by atoms with Crippen LogP contribution in [0.1, 0.15) is 12.8 Å². The molecule has 1 rings (SSSR count).